The lowest BCUT2D eigenvalue weighted by molar-refractivity contribution is -0.120. The summed E-state index contributed by atoms with van der Waals surface area (Å²) in [5.41, 5.74) is 8.52. The number of carbonyl (C=O) groups excluding carboxylic acids is 1. The molecule has 154 valence electrons. The third kappa shape index (κ3) is 4.35. The van der Waals surface area contributed by atoms with Crippen LogP contribution in [0, 0.1) is 5.92 Å². The van der Waals surface area contributed by atoms with Gasteiger partial charge in [0.05, 0.1) is 13.0 Å². The lowest BCUT2D eigenvalue weighted by Crippen LogP contribution is -2.41. The average molecular weight is 403 g/mol. The second kappa shape index (κ2) is 8.82. The van der Waals surface area contributed by atoms with Gasteiger partial charge >= 0.3 is 0 Å². The highest BCUT2D eigenvalue weighted by Crippen LogP contribution is 2.30. The van der Waals surface area contributed by atoms with Gasteiger partial charge < -0.3 is 20.7 Å². The largest absolute Gasteiger partial charge is 0.497 e. The number of ether oxygens (including phenoxy) is 1. The van der Waals surface area contributed by atoms with Crippen LogP contribution in [0.5, 0.6) is 5.75 Å². The number of nitrogens with one attached hydrogen (secondary N) is 1. The van der Waals surface area contributed by atoms with E-state index in [-0.39, 0.29) is 17.8 Å². The number of nitrogens with zero attached hydrogens (tertiary/aromatic N) is 3. The summed E-state index contributed by atoms with van der Waals surface area (Å²) in [5.74, 6) is 1.70. The summed E-state index contributed by atoms with van der Waals surface area (Å²) in [7, 11) is 1.65. The number of anilines is 3. The summed E-state index contributed by atoms with van der Waals surface area (Å²) in [6, 6.07) is 17.5. The molecule has 0 spiro atoms. The van der Waals surface area contributed by atoms with Crippen LogP contribution in [0.1, 0.15) is 12.8 Å². The van der Waals surface area contributed by atoms with Gasteiger partial charge in [0, 0.05) is 30.5 Å². The molecule has 1 amide bonds. The highest BCUT2D eigenvalue weighted by atomic mass is 16.5. The molecule has 1 aliphatic rings. The van der Waals surface area contributed by atoms with Crippen LogP contribution < -0.4 is 20.7 Å². The number of rotatable bonds is 5. The number of hydrogen-bond acceptors (Lipinski definition) is 6. The zero-order valence-electron chi connectivity index (χ0n) is 16.9. The van der Waals surface area contributed by atoms with Crippen molar-refractivity contribution in [2.75, 3.05) is 36.1 Å². The number of methoxy groups -OCH3 is 1. The molecule has 2 heterocycles. The van der Waals surface area contributed by atoms with Crippen molar-refractivity contribution in [3.05, 3.63) is 60.8 Å². The van der Waals surface area contributed by atoms with Crippen LogP contribution in [0.15, 0.2) is 60.8 Å². The van der Waals surface area contributed by atoms with Crippen LogP contribution in [0.4, 0.5) is 17.5 Å². The third-order valence-electron chi connectivity index (χ3n) is 5.36. The van der Waals surface area contributed by atoms with Gasteiger partial charge in [-0.2, -0.15) is 4.98 Å². The minimum atomic E-state index is -0.126. The van der Waals surface area contributed by atoms with Crippen LogP contribution in [0.25, 0.3) is 11.1 Å². The number of carbonyl (C=O) groups is 1. The molecule has 3 aromatic rings. The average Bonchev–Trinajstić information content (AvgIpc) is 2.79. The van der Waals surface area contributed by atoms with Gasteiger partial charge in [0.1, 0.15) is 11.6 Å². The Bertz CT molecular complexity index is 1020. The Balaban J connectivity index is 1.50. The lowest BCUT2D eigenvalue weighted by Gasteiger charge is -2.33. The zero-order chi connectivity index (χ0) is 20.9. The maximum absolute atomic E-state index is 13.1. The minimum absolute atomic E-state index is 0.0164. The molecule has 0 aliphatic carbocycles. The standard InChI is InChI=1S/C23H25N5O2/c1-30-18-10-8-16(9-11-18)19-6-2-3-7-20(19)26-22(29)17-5-4-14-28(15-17)21-12-13-25-23(24)27-21/h2-3,6-13,17H,4-5,14-15H2,1H3,(H,26,29)(H2,24,25,27)/t17-/m0/s1. The molecule has 1 atom stereocenters. The summed E-state index contributed by atoms with van der Waals surface area (Å²) < 4.78 is 5.24. The van der Waals surface area contributed by atoms with E-state index in [9.17, 15) is 4.79 Å². The van der Waals surface area contributed by atoms with E-state index in [1.165, 1.54) is 0 Å². The van der Waals surface area contributed by atoms with Gasteiger partial charge in [-0.05, 0) is 42.7 Å². The van der Waals surface area contributed by atoms with Crippen molar-refractivity contribution < 1.29 is 9.53 Å². The number of benzene rings is 2. The summed E-state index contributed by atoms with van der Waals surface area (Å²) in [5, 5.41) is 3.14. The molecule has 3 N–H and O–H groups in total. The van der Waals surface area contributed by atoms with Crippen LogP contribution >= 0.6 is 0 Å². The molecule has 0 saturated carbocycles. The Hall–Kier alpha value is -3.61. The van der Waals surface area contributed by atoms with Crippen LogP contribution in [-0.2, 0) is 4.79 Å². The zero-order valence-corrected chi connectivity index (χ0v) is 16.9. The number of nitrogen functional groups attached to an aromatic ring is 1. The number of aromatic nitrogens is 2. The Morgan fingerprint density at radius 2 is 1.97 bits per heavy atom. The first-order valence-corrected chi connectivity index (χ1v) is 10.0. The molecule has 4 rings (SSSR count). The monoisotopic (exact) mass is 403 g/mol. The van der Waals surface area contributed by atoms with Gasteiger partial charge in [0.25, 0.3) is 0 Å². The van der Waals surface area contributed by atoms with Crippen molar-refractivity contribution in [1.29, 1.82) is 0 Å². The van der Waals surface area contributed by atoms with Crippen molar-refractivity contribution in [3.63, 3.8) is 0 Å². The molecule has 7 heteroatoms. The van der Waals surface area contributed by atoms with Crippen molar-refractivity contribution in [2.45, 2.75) is 12.8 Å². The SMILES string of the molecule is COc1ccc(-c2ccccc2NC(=O)[C@H]2CCCN(c3ccnc(N)n3)C2)cc1. The molecule has 1 saturated heterocycles. The summed E-state index contributed by atoms with van der Waals surface area (Å²) >= 11 is 0. The molecule has 1 aliphatic heterocycles. The van der Waals surface area contributed by atoms with Gasteiger partial charge in [-0.15, -0.1) is 0 Å². The number of nitrogens with two attached hydrogens (primary N) is 1. The van der Waals surface area contributed by atoms with Crippen molar-refractivity contribution >= 4 is 23.4 Å². The number of amides is 1. The predicted molar refractivity (Wildman–Crippen MR) is 118 cm³/mol. The Morgan fingerprint density at radius 1 is 1.17 bits per heavy atom. The van der Waals surface area contributed by atoms with E-state index in [1.807, 2.05) is 54.6 Å². The van der Waals surface area contributed by atoms with Crippen LogP contribution in [0.2, 0.25) is 0 Å². The fourth-order valence-electron chi connectivity index (χ4n) is 3.79. The topological polar surface area (TPSA) is 93.4 Å². The van der Waals surface area contributed by atoms with E-state index >= 15 is 0 Å². The highest BCUT2D eigenvalue weighted by Gasteiger charge is 2.27. The molecule has 1 fully saturated rings. The molecule has 0 unspecified atom stereocenters. The highest BCUT2D eigenvalue weighted by molar-refractivity contribution is 5.97. The molecule has 7 nitrogen and oxygen atoms in total. The predicted octanol–water partition coefficient (Wildman–Crippen LogP) is 3.59. The first kappa shape index (κ1) is 19.7. The second-order valence-corrected chi connectivity index (χ2v) is 7.32. The van der Waals surface area contributed by atoms with E-state index in [4.69, 9.17) is 10.5 Å². The quantitative estimate of drug-likeness (QED) is 0.676. The second-order valence-electron chi connectivity index (χ2n) is 7.32. The van der Waals surface area contributed by atoms with Crippen molar-refractivity contribution in [3.8, 4) is 16.9 Å². The number of para-hydroxylation sites is 1. The summed E-state index contributed by atoms with van der Waals surface area (Å²) in [4.78, 5) is 23.4. The first-order chi connectivity index (χ1) is 14.6. The molecular weight excluding hydrogens is 378 g/mol. The van der Waals surface area contributed by atoms with E-state index in [1.54, 1.807) is 13.3 Å². The Kier molecular flexibility index (Phi) is 5.79. The van der Waals surface area contributed by atoms with Crippen molar-refractivity contribution in [2.24, 2.45) is 5.92 Å². The van der Waals surface area contributed by atoms with E-state index in [2.05, 4.69) is 20.2 Å². The van der Waals surface area contributed by atoms with Gasteiger partial charge in [-0.3, -0.25) is 4.79 Å². The Morgan fingerprint density at radius 3 is 2.73 bits per heavy atom. The van der Waals surface area contributed by atoms with Gasteiger partial charge in [0.2, 0.25) is 11.9 Å². The van der Waals surface area contributed by atoms with E-state index in [0.29, 0.717) is 6.54 Å². The molecule has 30 heavy (non-hydrogen) atoms. The van der Waals surface area contributed by atoms with E-state index < -0.39 is 0 Å². The van der Waals surface area contributed by atoms with E-state index in [0.717, 1.165) is 47.8 Å². The fourth-order valence-corrected chi connectivity index (χ4v) is 3.79. The number of piperidine rings is 1. The van der Waals surface area contributed by atoms with Crippen LogP contribution in [-0.4, -0.2) is 36.1 Å². The molecule has 0 radical (unpaired) electrons. The first-order valence-electron chi connectivity index (χ1n) is 10.0. The maximum Gasteiger partial charge on any atom is 0.229 e. The molecule has 2 aromatic carbocycles. The van der Waals surface area contributed by atoms with Gasteiger partial charge in [-0.1, -0.05) is 30.3 Å². The van der Waals surface area contributed by atoms with Gasteiger partial charge in [-0.25, -0.2) is 4.98 Å². The smallest absolute Gasteiger partial charge is 0.229 e. The normalized spacial score (nSPS) is 16.2. The summed E-state index contributed by atoms with van der Waals surface area (Å²) in [6.07, 6.45) is 3.40. The number of hydrogen-bond donors (Lipinski definition) is 2. The third-order valence-corrected chi connectivity index (χ3v) is 5.36. The summed E-state index contributed by atoms with van der Waals surface area (Å²) in [6.45, 7) is 1.45. The molecule has 1 aromatic heterocycles. The fraction of sp³-hybridized carbons (Fsp3) is 0.261. The van der Waals surface area contributed by atoms with Crippen LogP contribution in [0.3, 0.4) is 0 Å². The molecule has 0 bridgehead atoms. The maximum atomic E-state index is 13.1. The Labute approximate surface area is 175 Å². The lowest BCUT2D eigenvalue weighted by atomic mass is 9.96. The van der Waals surface area contributed by atoms with Crippen molar-refractivity contribution in [1.82, 2.24) is 9.97 Å². The molecular formula is C23H25N5O2. The minimum Gasteiger partial charge on any atom is -0.497 e. The van der Waals surface area contributed by atoms with Gasteiger partial charge in [0.15, 0.2) is 0 Å².